The average Bonchev–Trinajstić information content (AvgIpc) is 3.44. The molecule has 11 heteroatoms. The highest BCUT2D eigenvalue weighted by Crippen LogP contribution is 2.35. The molecule has 166 valence electrons. The molecule has 0 bridgehead atoms. The number of ether oxygens (including phenoxy) is 1. The number of amides is 2. The molecule has 0 spiro atoms. The Morgan fingerprint density at radius 2 is 2.24 bits per heavy atom. The van der Waals surface area contributed by atoms with Gasteiger partial charge in [-0.25, -0.2) is 19.4 Å². The smallest absolute Gasteiger partial charge is 0.316 e. The molecule has 1 aliphatic rings. The number of aromatic amines is 1. The molecule has 0 saturated heterocycles. The van der Waals surface area contributed by atoms with Crippen molar-refractivity contribution in [2.75, 3.05) is 18.6 Å². The Kier molecular flexibility index (Phi) is 5.13. The standard InChI is InChI=1S/C22H17FN6O4/c1-29-16-7-15-17(33-11-25-15)8-18(16)32-10-13(22(29)31)9-24-21(30)20-26-19(27-28-20)6-12-3-2-4-14(23)5-12/h2-5,7-9,11,13H,6,10H2,1H3,(H,26,27,28). The third-order valence-electron chi connectivity index (χ3n) is 5.19. The number of rotatable bonds is 4. The van der Waals surface area contributed by atoms with Crippen molar-refractivity contribution >= 4 is 34.8 Å². The van der Waals surface area contributed by atoms with Crippen LogP contribution in [0.4, 0.5) is 10.1 Å². The number of carbonyl (C=O) groups excluding carboxylic acids is 2. The van der Waals surface area contributed by atoms with Crippen LogP contribution in [0.15, 0.2) is 52.2 Å². The summed E-state index contributed by atoms with van der Waals surface area (Å²) in [5.41, 5.74) is 2.35. The third-order valence-corrected chi connectivity index (χ3v) is 5.19. The van der Waals surface area contributed by atoms with Gasteiger partial charge in [-0.3, -0.25) is 14.7 Å². The van der Waals surface area contributed by atoms with E-state index in [0.717, 1.165) is 0 Å². The van der Waals surface area contributed by atoms with Crippen LogP contribution in [-0.4, -0.2) is 51.8 Å². The van der Waals surface area contributed by atoms with Gasteiger partial charge in [-0.1, -0.05) is 12.1 Å². The van der Waals surface area contributed by atoms with Gasteiger partial charge in [-0.15, -0.1) is 5.10 Å². The van der Waals surface area contributed by atoms with Crippen LogP contribution < -0.4 is 9.64 Å². The van der Waals surface area contributed by atoms with E-state index in [1.54, 1.807) is 31.3 Å². The minimum atomic E-state index is -0.795. The Hall–Kier alpha value is -4.41. The number of H-pyrrole nitrogens is 1. The number of aromatic nitrogens is 4. The van der Waals surface area contributed by atoms with Gasteiger partial charge in [0.15, 0.2) is 12.0 Å². The minimum absolute atomic E-state index is 0.00852. The number of nitrogens with one attached hydrogen (secondary N) is 1. The molecule has 1 unspecified atom stereocenters. The van der Waals surface area contributed by atoms with E-state index in [1.807, 2.05) is 0 Å². The van der Waals surface area contributed by atoms with Crippen molar-refractivity contribution in [1.29, 1.82) is 0 Å². The zero-order valence-corrected chi connectivity index (χ0v) is 17.4. The molecule has 1 aliphatic heterocycles. The monoisotopic (exact) mass is 448 g/mol. The van der Waals surface area contributed by atoms with Crippen molar-refractivity contribution in [3.63, 3.8) is 0 Å². The number of hydrogen-bond donors (Lipinski definition) is 1. The highest BCUT2D eigenvalue weighted by atomic mass is 19.1. The molecule has 0 radical (unpaired) electrons. The number of nitrogens with zero attached hydrogens (tertiary/aromatic N) is 5. The Balaban J connectivity index is 1.29. The molecule has 0 aliphatic carbocycles. The first-order valence-electron chi connectivity index (χ1n) is 10.00. The van der Waals surface area contributed by atoms with Gasteiger partial charge < -0.3 is 14.1 Å². The fraction of sp³-hybridized carbons (Fsp3) is 0.182. The predicted octanol–water partition coefficient (Wildman–Crippen LogP) is 2.56. The van der Waals surface area contributed by atoms with Gasteiger partial charge in [-0.2, -0.15) is 0 Å². The van der Waals surface area contributed by atoms with Crippen molar-refractivity contribution in [3.8, 4) is 5.75 Å². The first-order chi connectivity index (χ1) is 16.0. The number of aliphatic imine (C=N–C) groups is 1. The maximum Gasteiger partial charge on any atom is 0.316 e. The number of oxazole rings is 1. The SMILES string of the molecule is CN1C(=O)C(C=NC(=O)c2n[nH]c(Cc3cccc(F)c3)n2)COc2cc3ocnc3cc21. The Bertz CT molecular complexity index is 1390. The lowest BCUT2D eigenvalue weighted by molar-refractivity contribution is -0.120. The van der Waals surface area contributed by atoms with Crippen LogP contribution in [0.25, 0.3) is 11.1 Å². The fourth-order valence-corrected chi connectivity index (χ4v) is 3.50. The number of fused-ring (bicyclic) bond motifs is 2. The van der Waals surface area contributed by atoms with Gasteiger partial charge in [0.2, 0.25) is 11.7 Å². The quantitative estimate of drug-likeness (QED) is 0.476. The predicted molar refractivity (Wildman–Crippen MR) is 115 cm³/mol. The first-order valence-corrected chi connectivity index (χ1v) is 10.00. The summed E-state index contributed by atoms with van der Waals surface area (Å²) in [6.45, 7) is -0.00852. The summed E-state index contributed by atoms with van der Waals surface area (Å²) in [5.74, 6) is -1.46. The lowest BCUT2D eigenvalue weighted by Gasteiger charge is -2.17. The second-order valence-corrected chi connectivity index (χ2v) is 7.45. The summed E-state index contributed by atoms with van der Waals surface area (Å²) in [7, 11) is 1.61. The molecule has 10 nitrogen and oxygen atoms in total. The lowest BCUT2D eigenvalue weighted by Crippen LogP contribution is -2.34. The Labute approximate surface area is 186 Å². The number of carbonyl (C=O) groups is 2. The molecular weight excluding hydrogens is 431 g/mol. The van der Waals surface area contributed by atoms with Crippen molar-refractivity contribution in [1.82, 2.24) is 20.2 Å². The van der Waals surface area contributed by atoms with Crippen LogP contribution in [-0.2, 0) is 11.2 Å². The molecule has 3 heterocycles. The minimum Gasteiger partial charge on any atom is -0.490 e. The largest absolute Gasteiger partial charge is 0.490 e. The van der Waals surface area contributed by atoms with Gasteiger partial charge in [0.25, 0.3) is 0 Å². The van der Waals surface area contributed by atoms with E-state index in [2.05, 4.69) is 25.2 Å². The molecule has 5 rings (SSSR count). The van der Waals surface area contributed by atoms with Gasteiger partial charge in [-0.05, 0) is 23.8 Å². The Morgan fingerprint density at radius 1 is 1.36 bits per heavy atom. The van der Waals surface area contributed by atoms with Gasteiger partial charge >= 0.3 is 5.91 Å². The lowest BCUT2D eigenvalue weighted by atomic mass is 10.1. The van der Waals surface area contributed by atoms with E-state index in [4.69, 9.17) is 9.15 Å². The normalized spacial score (nSPS) is 16.1. The topological polar surface area (TPSA) is 127 Å². The molecule has 1 N–H and O–H groups in total. The van der Waals surface area contributed by atoms with Crippen LogP contribution >= 0.6 is 0 Å². The maximum absolute atomic E-state index is 13.3. The zero-order valence-electron chi connectivity index (χ0n) is 17.4. The van der Waals surface area contributed by atoms with E-state index < -0.39 is 11.8 Å². The Morgan fingerprint density at radius 3 is 3.09 bits per heavy atom. The van der Waals surface area contributed by atoms with Crippen LogP contribution in [0.3, 0.4) is 0 Å². The molecule has 2 amide bonds. The molecule has 0 fully saturated rings. The second kappa shape index (κ2) is 8.26. The molecule has 1 atom stereocenters. The van der Waals surface area contributed by atoms with Crippen LogP contribution in [0.1, 0.15) is 22.0 Å². The van der Waals surface area contributed by atoms with E-state index in [-0.39, 0.29) is 30.6 Å². The highest BCUT2D eigenvalue weighted by Gasteiger charge is 2.29. The van der Waals surface area contributed by atoms with Crippen molar-refractivity contribution in [2.45, 2.75) is 6.42 Å². The number of hydrogen-bond acceptors (Lipinski definition) is 7. The number of halogens is 1. The molecule has 4 aromatic rings. The van der Waals surface area contributed by atoms with Crippen molar-refractivity contribution < 1.29 is 23.1 Å². The maximum atomic E-state index is 13.3. The number of benzene rings is 2. The first kappa shape index (κ1) is 20.5. The summed E-state index contributed by atoms with van der Waals surface area (Å²) in [6.07, 6.45) is 2.83. The summed E-state index contributed by atoms with van der Waals surface area (Å²) in [6, 6.07) is 9.42. The fourth-order valence-electron chi connectivity index (χ4n) is 3.50. The van der Waals surface area contributed by atoms with E-state index in [9.17, 15) is 14.0 Å². The average molecular weight is 448 g/mol. The zero-order chi connectivity index (χ0) is 22.9. The van der Waals surface area contributed by atoms with Crippen molar-refractivity contribution in [2.24, 2.45) is 10.9 Å². The van der Waals surface area contributed by atoms with Crippen LogP contribution in [0.2, 0.25) is 0 Å². The van der Waals surface area contributed by atoms with E-state index in [0.29, 0.717) is 33.9 Å². The summed E-state index contributed by atoms with van der Waals surface area (Å²) in [4.78, 5) is 38.8. The molecule has 0 saturated carbocycles. The van der Waals surface area contributed by atoms with E-state index >= 15 is 0 Å². The van der Waals surface area contributed by atoms with Crippen LogP contribution in [0.5, 0.6) is 5.75 Å². The molecule has 2 aromatic carbocycles. The summed E-state index contributed by atoms with van der Waals surface area (Å²) >= 11 is 0. The summed E-state index contributed by atoms with van der Waals surface area (Å²) < 4.78 is 24.4. The second-order valence-electron chi connectivity index (χ2n) is 7.45. The highest BCUT2D eigenvalue weighted by molar-refractivity contribution is 6.08. The van der Waals surface area contributed by atoms with Gasteiger partial charge in [0.1, 0.15) is 35.4 Å². The van der Waals surface area contributed by atoms with Gasteiger partial charge in [0, 0.05) is 25.7 Å². The third kappa shape index (κ3) is 4.07. The van der Waals surface area contributed by atoms with E-state index in [1.165, 1.54) is 29.6 Å². The summed E-state index contributed by atoms with van der Waals surface area (Å²) in [5, 5.41) is 6.52. The molecule has 33 heavy (non-hydrogen) atoms. The van der Waals surface area contributed by atoms with Gasteiger partial charge in [0.05, 0.1) is 5.69 Å². The van der Waals surface area contributed by atoms with Crippen molar-refractivity contribution in [3.05, 3.63) is 65.8 Å². The molecular formula is C22H17FN6O4. The van der Waals surface area contributed by atoms with Crippen LogP contribution in [0, 0.1) is 11.7 Å². The number of anilines is 1. The molecule has 2 aromatic heterocycles.